The summed E-state index contributed by atoms with van der Waals surface area (Å²) in [6, 6.07) is 12.7. The maximum absolute atomic E-state index is 13.0. The third-order valence-electron chi connectivity index (χ3n) is 4.90. The summed E-state index contributed by atoms with van der Waals surface area (Å²) in [6.07, 6.45) is 3.90. The fourth-order valence-corrected chi connectivity index (χ4v) is 4.90. The summed E-state index contributed by atoms with van der Waals surface area (Å²) in [6.45, 7) is 0. The van der Waals surface area contributed by atoms with Crippen molar-refractivity contribution in [2.75, 3.05) is 7.11 Å². The van der Waals surface area contributed by atoms with Crippen LogP contribution in [0.5, 0.6) is 5.75 Å². The lowest BCUT2D eigenvalue weighted by Crippen LogP contribution is -2.05. The Morgan fingerprint density at radius 1 is 1.10 bits per heavy atom. The summed E-state index contributed by atoms with van der Waals surface area (Å²) in [5.41, 5.74) is 1.99. The van der Waals surface area contributed by atoms with E-state index in [1.807, 2.05) is 0 Å². The fraction of sp³-hybridized carbons (Fsp3) is 0.136. The molecule has 0 aliphatic rings. The minimum Gasteiger partial charge on any atom is -0.495 e. The number of rotatable bonds is 7. The lowest BCUT2D eigenvalue weighted by Gasteiger charge is -2.10. The van der Waals surface area contributed by atoms with E-state index >= 15 is 0 Å². The number of sulfone groups is 1. The normalized spacial score (nSPS) is 11.5. The number of ketones is 1. The van der Waals surface area contributed by atoms with Crippen LogP contribution in [0.4, 0.5) is 0 Å². The van der Waals surface area contributed by atoms with Crippen molar-refractivity contribution in [1.29, 1.82) is 0 Å². The van der Waals surface area contributed by atoms with Crippen molar-refractivity contribution in [3.05, 3.63) is 77.1 Å². The number of hydrogen-bond acceptors (Lipinski definition) is 6. The molecule has 0 unspecified atom stereocenters. The first kappa shape index (κ1) is 21.0. The molecule has 1 N–H and O–H groups in total. The quantitative estimate of drug-likeness (QED) is 0.417. The molecule has 4 rings (SSSR count). The molecule has 0 saturated carbocycles. The van der Waals surface area contributed by atoms with E-state index in [0.717, 1.165) is 10.9 Å². The summed E-state index contributed by atoms with van der Waals surface area (Å²) < 4.78 is 31.2. The third kappa shape index (κ3) is 4.30. The number of fused-ring (bicyclic) bond motifs is 1. The Bertz CT molecular complexity index is 1370. The highest BCUT2D eigenvalue weighted by atomic mass is 35.5. The molecule has 0 radical (unpaired) electrons. The summed E-state index contributed by atoms with van der Waals surface area (Å²) in [7, 11) is -2.40. The number of carbonyl (C=O) groups is 1. The van der Waals surface area contributed by atoms with E-state index in [4.69, 9.17) is 16.3 Å². The van der Waals surface area contributed by atoms with Gasteiger partial charge >= 0.3 is 0 Å². The molecule has 2 heterocycles. The lowest BCUT2D eigenvalue weighted by molar-refractivity contribution is 0.0982. The van der Waals surface area contributed by atoms with Gasteiger partial charge in [-0.2, -0.15) is 5.10 Å². The fourth-order valence-electron chi connectivity index (χ4n) is 3.21. The molecule has 0 bridgehead atoms. The second-order valence-electron chi connectivity index (χ2n) is 6.90. The van der Waals surface area contributed by atoms with Crippen molar-refractivity contribution in [2.45, 2.75) is 22.6 Å². The number of ether oxygens (including phenoxy) is 1. The van der Waals surface area contributed by atoms with Gasteiger partial charge in [-0.05, 0) is 48.4 Å². The Balaban J connectivity index is 1.49. The molecule has 0 fully saturated rings. The number of methoxy groups -OCH3 is 1. The average molecular weight is 456 g/mol. The highest BCUT2D eigenvalue weighted by Crippen LogP contribution is 2.32. The van der Waals surface area contributed by atoms with E-state index in [2.05, 4.69) is 15.2 Å². The van der Waals surface area contributed by atoms with Gasteiger partial charge < -0.3 is 4.74 Å². The maximum atomic E-state index is 13.0. The molecule has 9 heteroatoms. The predicted octanol–water partition coefficient (Wildman–Crippen LogP) is 4.27. The molecule has 2 aromatic heterocycles. The number of nitrogens with zero attached hydrogens (tertiary/aromatic N) is 2. The van der Waals surface area contributed by atoms with Gasteiger partial charge in [-0.25, -0.2) is 13.4 Å². The largest absolute Gasteiger partial charge is 0.495 e. The number of carbonyl (C=O) groups excluding carboxylic acids is 1. The second-order valence-corrected chi connectivity index (χ2v) is 9.25. The number of aromatic amines is 1. The minimum absolute atomic E-state index is 0.00701. The van der Waals surface area contributed by atoms with Gasteiger partial charge in [0, 0.05) is 28.6 Å². The van der Waals surface area contributed by atoms with Gasteiger partial charge in [0.05, 0.1) is 18.2 Å². The van der Waals surface area contributed by atoms with Crippen LogP contribution in [-0.2, 0) is 16.3 Å². The Morgan fingerprint density at radius 2 is 1.87 bits per heavy atom. The summed E-state index contributed by atoms with van der Waals surface area (Å²) in [5.74, 6) is 0.179. The van der Waals surface area contributed by atoms with Crippen LogP contribution in [0, 0.1) is 0 Å². The van der Waals surface area contributed by atoms with E-state index in [1.165, 1.54) is 37.6 Å². The molecule has 0 atom stereocenters. The number of aromatic nitrogens is 3. The number of pyridine rings is 1. The molecule has 0 spiro atoms. The Hall–Kier alpha value is -3.23. The van der Waals surface area contributed by atoms with Crippen LogP contribution in [0.15, 0.2) is 70.7 Å². The van der Waals surface area contributed by atoms with Crippen LogP contribution in [0.25, 0.3) is 11.0 Å². The zero-order chi connectivity index (χ0) is 22.0. The second kappa shape index (κ2) is 8.49. The van der Waals surface area contributed by atoms with Gasteiger partial charge in [0.2, 0.25) is 9.84 Å². The zero-order valence-electron chi connectivity index (χ0n) is 16.5. The number of benzene rings is 2. The van der Waals surface area contributed by atoms with Crippen LogP contribution in [-0.4, -0.2) is 36.5 Å². The Kier molecular flexibility index (Phi) is 5.75. The van der Waals surface area contributed by atoms with Gasteiger partial charge in [-0.15, -0.1) is 0 Å². The van der Waals surface area contributed by atoms with Crippen LogP contribution < -0.4 is 4.74 Å². The first-order valence-electron chi connectivity index (χ1n) is 9.38. The molecule has 0 amide bonds. The first-order valence-corrected chi connectivity index (χ1v) is 11.2. The van der Waals surface area contributed by atoms with Crippen LogP contribution in [0.2, 0.25) is 5.02 Å². The molecule has 0 aliphatic heterocycles. The smallest absolute Gasteiger partial charge is 0.210 e. The van der Waals surface area contributed by atoms with Gasteiger partial charge in [0.1, 0.15) is 10.6 Å². The van der Waals surface area contributed by atoms with E-state index in [-0.39, 0.29) is 27.7 Å². The Labute approximate surface area is 184 Å². The predicted molar refractivity (Wildman–Crippen MR) is 116 cm³/mol. The zero-order valence-corrected chi connectivity index (χ0v) is 18.1. The highest BCUT2D eigenvalue weighted by molar-refractivity contribution is 7.91. The monoisotopic (exact) mass is 455 g/mol. The van der Waals surface area contributed by atoms with Crippen LogP contribution in [0.1, 0.15) is 22.3 Å². The molecule has 7 nitrogen and oxygen atoms in total. The van der Waals surface area contributed by atoms with Crippen LogP contribution in [0.3, 0.4) is 0 Å². The summed E-state index contributed by atoms with van der Waals surface area (Å²) in [4.78, 5) is 16.8. The number of H-pyrrole nitrogens is 1. The first-order chi connectivity index (χ1) is 14.9. The molecular weight excluding hydrogens is 438 g/mol. The number of nitrogens with one attached hydrogen (secondary N) is 1. The van der Waals surface area contributed by atoms with E-state index in [1.54, 1.807) is 30.5 Å². The topological polar surface area (TPSA) is 102 Å². The van der Waals surface area contributed by atoms with Crippen molar-refractivity contribution < 1.29 is 17.9 Å². The van der Waals surface area contributed by atoms with Gasteiger partial charge in [0.15, 0.2) is 11.4 Å². The van der Waals surface area contributed by atoms with Crippen molar-refractivity contribution in [1.82, 2.24) is 15.2 Å². The Morgan fingerprint density at radius 3 is 2.61 bits per heavy atom. The number of aryl methyl sites for hydroxylation is 1. The molecule has 2 aromatic carbocycles. The molecule has 0 aliphatic carbocycles. The van der Waals surface area contributed by atoms with Crippen molar-refractivity contribution in [2.24, 2.45) is 0 Å². The SMILES string of the molecule is COc1ccc(Cl)cc1S(=O)(=O)c1ccc(CCC(=O)c2cnc3[nH]ncc3c2)cc1. The van der Waals surface area contributed by atoms with Crippen LogP contribution >= 0.6 is 11.6 Å². The van der Waals surface area contributed by atoms with Crippen molar-refractivity contribution in [3.63, 3.8) is 0 Å². The number of halogens is 1. The van der Waals surface area contributed by atoms with Gasteiger partial charge in [0.25, 0.3) is 0 Å². The summed E-state index contributed by atoms with van der Waals surface area (Å²) in [5, 5.41) is 7.72. The van der Waals surface area contributed by atoms with E-state index < -0.39 is 9.84 Å². The molecule has 4 aromatic rings. The number of hydrogen-bond donors (Lipinski definition) is 1. The molecule has 0 saturated heterocycles. The summed E-state index contributed by atoms with van der Waals surface area (Å²) >= 11 is 5.98. The highest BCUT2D eigenvalue weighted by Gasteiger charge is 2.22. The standard InChI is InChI=1S/C22H18ClN3O4S/c1-30-20-9-5-17(23)11-21(20)31(28,29)18-6-2-14(3-7-18)4-8-19(27)15-10-16-13-25-26-22(16)24-12-15/h2-3,5-7,9-13H,4,8H2,1H3,(H,24,25,26). The van der Waals surface area contributed by atoms with E-state index in [0.29, 0.717) is 22.7 Å². The third-order valence-corrected chi connectivity index (χ3v) is 6.93. The molecule has 158 valence electrons. The van der Waals surface area contributed by atoms with Crippen molar-refractivity contribution in [3.8, 4) is 5.75 Å². The van der Waals surface area contributed by atoms with E-state index in [9.17, 15) is 13.2 Å². The maximum Gasteiger partial charge on any atom is 0.210 e. The van der Waals surface area contributed by atoms with Crippen molar-refractivity contribution >= 4 is 38.3 Å². The minimum atomic E-state index is -3.80. The van der Waals surface area contributed by atoms with Gasteiger partial charge in [-0.3, -0.25) is 9.89 Å². The average Bonchev–Trinajstić information content (AvgIpc) is 3.25. The number of Topliss-reactive ketones (excluding diaryl/α,β-unsaturated/α-hetero) is 1. The molecule has 31 heavy (non-hydrogen) atoms. The van der Waals surface area contributed by atoms with Gasteiger partial charge in [-0.1, -0.05) is 23.7 Å². The molecular formula is C22H18ClN3O4S. The lowest BCUT2D eigenvalue weighted by atomic mass is 10.0.